The van der Waals surface area contributed by atoms with E-state index in [-0.39, 0.29) is 41.4 Å². The largest absolute Gasteiger partial charge is 0.465 e. The van der Waals surface area contributed by atoms with Crippen LogP contribution < -0.4 is 10.2 Å². The number of likely N-dealkylation sites (N-methyl/N-ethyl adjacent to an activating group) is 1. The molecule has 378 valence electrons. The van der Waals surface area contributed by atoms with Crippen molar-refractivity contribution in [1.29, 1.82) is 0 Å². The maximum absolute atomic E-state index is 14.0. The van der Waals surface area contributed by atoms with Gasteiger partial charge in [-0.05, 0) is 94.7 Å². The molecule has 3 aliphatic rings. The zero-order chi connectivity index (χ0) is 51.2. The zero-order valence-corrected chi connectivity index (χ0v) is 43.4. The molecule has 4 amide bonds. The van der Waals surface area contributed by atoms with Crippen molar-refractivity contribution in [2.75, 3.05) is 32.1 Å². The van der Waals surface area contributed by atoms with E-state index in [9.17, 15) is 24.3 Å². The Balaban J connectivity index is 1.01. The van der Waals surface area contributed by atoms with Crippen LogP contribution in [0.2, 0.25) is 0 Å². The number of aromatic amines is 2. The molecule has 6 atom stereocenters. The molecule has 15 heteroatoms. The van der Waals surface area contributed by atoms with Gasteiger partial charge in [-0.3, -0.25) is 14.5 Å². The number of alkyl carbamates (subject to hydrolysis) is 1. The van der Waals surface area contributed by atoms with Crippen LogP contribution in [0.3, 0.4) is 0 Å². The molecule has 4 N–H and O–H groups in total. The number of anilines is 1. The molecule has 3 saturated heterocycles. The van der Waals surface area contributed by atoms with Gasteiger partial charge in [0.2, 0.25) is 11.8 Å². The highest BCUT2D eigenvalue weighted by atomic mass is 16.5. The number of methoxy groups -OCH3 is 1. The number of amides is 4. The van der Waals surface area contributed by atoms with Crippen LogP contribution in [-0.2, 0) is 19.7 Å². The van der Waals surface area contributed by atoms with Gasteiger partial charge in [0.15, 0.2) is 0 Å². The molecular formula is C56H73N9O6. The molecule has 0 radical (unpaired) electrons. The number of hydrogen-bond acceptors (Lipinski definition) is 8. The van der Waals surface area contributed by atoms with Crippen LogP contribution in [0.1, 0.15) is 153 Å². The Hall–Kier alpha value is -6.64. The number of aromatic nitrogens is 4. The Bertz CT molecular complexity index is 2690. The van der Waals surface area contributed by atoms with E-state index >= 15 is 0 Å². The second-order valence-corrected chi connectivity index (χ2v) is 22.9. The van der Waals surface area contributed by atoms with Gasteiger partial charge in [-0.1, -0.05) is 123 Å². The van der Waals surface area contributed by atoms with Gasteiger partial charge in [-0.15, -0.1) is 0 Å². The van der Waals surface area contributed by atoms with Crippen molar-refractivity contribution in [3.63, 3.8) is 0 Å². The van der Waals surface area contributed by atoms with E-state index in [4.69, 9.17) is 14.7 Å². The lowest BCUT2D eigenvalue weighted by atomic mass is 9.84. The average Bonchev–Trinajstić information content (AvgIpc) is 4.19. The summed E-state index contributed by atoms with van der Waals surface area (Å²) >= 11 is 0. The molecule has 3 aromatic carbocycles. The number of carbonyl (C=O) groups excluding carboxylic acids is 3. The molecule has 0 bridgehead atoms. The summed E-state index contributed by atoms with van der Waals surface area (Å²) < 4.78 is 4.86. The van der Waals surface area contributed by atoms with Gasteiger partial charge in [0.1, 0.15) is 23.7 Å². The summed E-state index contributed by atoms with van der Waals surface area (Å²) in [7, 11) is 2.77. The van der Waals surface area contributed by atoms with Crippen molar-refractivity contribution < 1.29 is 29.0 Å². The summed E-state index contributed by atoms with van der Waals surface area (Å²) in [6, 6.07) is 24.7. The smallest absolute Gasteiger partial charge is 0.407 e. The molecule has 15 nitrogen and oxygen atoms in total. The third-order valence-corrected chi connectivity index (χ3v) is 14.8. The maximum atomic E-state index is 14.0. The third kappa shape index (κ3) is 10.6. The van der Waals surface area contributed by atoms with Crippen molar-refractivity contribution in [3.8, 4) is 22.5 Å². The van der Waals surface area contributed by atoms with Crippen molar-refractivity contribution in [2.45, 2.75) is 143 Å². The normalized spacial score (nSPS) is 20.5. The van der Waals surface area contributed by atoms with Gasteiger partial charge in [0.05, 0.1) is 55.1 Å². The number of carbonyl (C=O) groups is 4. The van der Waals surface area contributed by atoms with E-state index in [1.807, 2.05) is 58.8 Å². The van der Waals surface area contributed by atoms with Crippen LogP contribution in [0.25, 0.3) is 22.5 Å². The van der Waals surface area contributed by atoms with Crippen LogP contribution in [0.4, 0.5) is 15.3 Å². The lowest BCUT2D eigenvalue weighted by Gasteiger charge is -2.38. The Morgan fingerprint density at radius 3 is 1.54 bits per heavy atom. The molecule has 3 aliphatic heterocycles. The SMILES string of the molecule is COC(=O)N[C@H](C(=O)N1CCC[C@H]1c1ncc(-c2ccc([C@@H]3CC[C@@H](c4ccc(-c5cnc([C@@H]6CCCN6C(=O)[C@@H](N(C)C(=O)O)C(C)(C)C)[nH]5)cc4)N3c3ccc(C(C)(C)C)cc3)cc2)[nH]1)C(C)(C)C. The number of nitrogens with zero attached hydrogens (tertiary/aromatic N) is 6. The number of carboxylic acid groups (broad SMARTS) is 1. The lowest BCUT2D eigenvalue weighted by Crippen LogP contribution is -2.54. The highest BCUT2D eigenvalue weighted by molar-refractivity contribution is 5.87. The zero-order valence-electron chi connectivity index (χ0n) is 43.4. The predicted octanol–water partition coefficient (Wildman–Crippen LogP) is 11.0. The number of rotatable bonds is 11. The highest BCUT2D eigenvalue weighted by Gasteiger charge is 2.44. The lowest BCUT2D eigenvalue weighted by molar-refractivity contribution is -0.141. The molecule has 0 aliphatic carbocycles. The van der Waals surface area contributed by atoms with Gasteiger partial charge >= 0.3 is 12.2 Å². The highest BCUT2D eigenvalue weighted by Crippen LogP contribution is 2.48. The first-order valence-electron chi connectivity index (χ1n) is 25.2. The summed E-state index contributed by atoms with van der Waals surface area (Å²) in [5.41, 5.74) is 7.52. The molecule has 5 aromatic rings. The molecule has 2 aromatic heterocycles. The van der Waals surface area contributed by atoms with Crippen LogP contribution in [-0.4, -0.2) is 103 Å². The van der Waals surface area contributed by atoms with E-state index in [1.54, 1.807) is 4.90 Å². The summed E-state index contributed by atoms with van der Waals surface area (Å²) in [5.74, 6) is 1.08. The molecule has 5 heterocycles. The summed E-state index contributed by atoms with van der Waals surface area (Å²) in [6.45, 7) is 19.3. The molecule has 3 fully saturated rings. The first-order valence-corrected chi connectivity index (χ1v) is 25.2. The summed E-state index contributed by atoms with van der Waals surface area (Å²) in [6.07, 6.45) is 7.01. The molecule has 0 spiro atoms. The second kappa shape index (κ2) is 19.9. The fourth-order valence-corrected chi connectivity index (χ4v) is 11.0. The Kier molecular flexibility index (Phi) is 14.2. The number of imidazole rings is 2. The summed E-state index contributed by atoms with van der Waals surface area (Å²) in [5, 5.41) is 12.6. The number of nitrogens with one attached hydrogen (secondary N) is 3. The molecule has 71 heavy (non-hydrogen) atoms. The fourth-order valence-electron chi connectivity index (χ4n) is 11.0. The second-order valence-electron chi connectivity index (χ2n) is 22.9. The van der Waals surface area contributed by atoms with Gasteiger partial charge < -0.3 is 39.8 Å². The Labute approximate surface area is 418 Å². The monoisotopic (exact) mass is 968 g/mol. The predicted molar refractivity (Wildman–Crippen MR) is 276 cm³/mol. The van der Waals surface area contributed by atoms with Gasteiger partial charge in [-0.25, -0.2) is 19.6 Å². The standard InChI is InChI=1S/C56H73N9O6/c1-54(2,3)38-24-26-39(27-25-38)65-42(36-20-16-34(17-21-36)40-32-57-48(59-40)44-14-12-30-63(44)50(66)46(55(4,5)6)61-52(68)71-11)28-29-43(65)37-22-18-35(19-23-37)41-33-58-49(60-41)45-15-13-31-64(45)51(67)47(56(7,8)9)62(10)53(69)70/h16-27,32-33,42-47H,12-15,28-31H2,1-11H3,(H,57,59)(H,58,60)(H,61,68)(H,69,70)/t42-,43-,44-,45-,46+,47+/m0/s1. The minimum absolute atomic E-state index is 0.0205. The molecule has 0 saturated carbocycles. The molecule has 0 unspecified atom stereocenters. The van der Waals surface area contributed by atoms with Crippen molar-refractivity contribution in [3.05, 3.63) is 114 Å². The van der Waals surface area contributed by atoms with E-state index < -0.39 is 35.1 Å². The minimum atomic E-state index is -1.13. The van der Waals surface area contributed by atoms with Gasteiger partial charge in [0.25, 0.3) is 0 Å². The maximum Gasteiger partial charge on any atom is 0.407 e. The summed E-state index contributed by atoms with van der Waals surface area (Å²) in [4.78, 5) is 76.2. The van der Waals surface area contributed by atoms with Crippen LogP contribution in [0.5, 0.6) is 0 Å². The van der Waals surface area contributed by atoms with Crippen LogP contribution in [0, 0.1) is 10.8 Å². The van der Waals surface area contributed by atoms with Crippen molar-refractivity contribution in [2.24, 2.45) is 10.8 Å². The van der Waals surface area contributed by atoms with E-state index in [2.05, 4.69) is 114 Å². The third-order valence-electron chi connectivity index (χ3n) is 14.8. The molecule has 8 rings (SSSR count). The number of ether oxygens (including phenoxy) is 1. The van der Waals surface area contributed by atoms with Gasteiger partial charge in [0, 0.05) is 25.8 Å². The van der Waals surface area contributed by atoms with Crippen molar-refractivity contribution in [1.82, 2.24) is 40.0 Å². The fraction of sp³-hybridized carbons (Fsp3) is 0.500. The van der Waals surface area contributed by atoms with Crippen LogP contribution in [0.15, 0.2) is 85.2 Å². The van der Waals surface area contributed by atoms with Crippen LogP contribution >= 0.6 is 0 Å². The first kappa shape index (κ1) is 50.7. The van der Waals surface area contributed by atoms with Gasteiger partial charge in [-0.2, -0.15) is 0 Å². The van der Waals surface area contributed by atoms with E-state index in [1.165, 1.54) is 36.5 Å². The van der Waals surface area contributed by atoms with E-state index in [0.29, 0.717) is 18.9 Å². The number of benzene rings is 3. The Morgan fingerprint density at radius 1 is 0.662 bits per heavy atom. The number of hydrogen-bond donors (Lipinski definition) is 4. The minimum Gasteiger partial charge on any atom is -0.465 e. The first-order chi connectivity index (χ1) is 33.5. The number of H-pyrrole nitrogens is 2. The average molecular weight is 968 g/mol. The molecular weight excluding hydrogens is 895 g/mol. The topological polar surface area (TPSA) is 180 Å². The van der Waals surface area contributed by atoms with E-state index in [0.717, 1.165) is 71.8 Å². The Morgan fingerprint density at radius 2 is 1.13 bits per heavy atom. The quantitative estimate of drug-likeness (QED) is 0.100. The number of likely N-dealkylation sites (tertiary alicyclic amines) is 2. The van der Waals surface area contributed by atoms with Crippen molar-refractivity contribution >= 4 is 29.7 Å².